The van der Waals surface area contributed by atoms with E-state index < -0.39 is 17.1 Å². The van der Waals surface area contributed by atoms with Gasteiger partial charge in [-0.3, -0.25) is 11.0 Å². The van der Waals surface area contributed by atoms with Crippen LogP contribution in [-0.2, 0) is 0 Å². The molecule has 0 saturated heterocycles. The van der Waals surface area contributed by atoms with Crippen LogP contribution in [0.5, 0.6) is 0 Å². The highest BCUT2D eigenvalue weighted by atomic mass is 31.2. The van der Waals surface area contributed by atoms with Crippen molar-refractivity contribution in [3.8, 4) is 0 Å². The summed E-state index contributed by atoms with van der Waals surface area (Å²) < 4.78 is 0. The topological polar surface area (TPSA) is 157 Å². The summed E-state index contributed by atoms with van der Waals surface area (Å²) in [6, 6.07) is 0. The van der Waals surface area contributed by atoms with Crippen LogP contribution in [0, 0.1) is 0 Å². The summed E-state index contributed by atoms with van der Waals surface area (Å²) in [4.78, 5) is 29.8. The molecule has 0 aliphatic heterocycles. The minimum Gasteiger partial charge on any atom is -0.338 e. The monoisotopic (exact) mass is 264 g/mol. The smallest absolute Gasteiger partial charge is 0.247 e. The summed E-state index contributed by atoms with van der Waals surface area (Å²) in [7, 11) is -0.305. The van der Waals surface area contributed by atoms with Gasteiger partial charge in [-0.2, -0.15) is 0 Å². The first-order chi connectivity index (χ1) is 6.88. The lowest BCUT2D eigenvalue weighted by Gasteiger charge is -1.95. The van der Waals surface area contributed by atoms with Crippen LogP contribution >= 0.6 is 17.1 Å². The summed E-state index contributed by atoms with van der Waals surface area (Å²) in [5, 5.41) is 6.12. The Morgan fingerprint density at radius 1 is 0.867 bits per heavy atom. The van der Waals surface area contributed by atoms with Crippen molar-refractivity contribution in [1.82, 2.24) is 10.6 Å². The second-order valence-electron chi connectivity index (χ2n) is 2.20. The van der Waals surface area contributed by atoms with Gasteiger partial charge < -0.3 is 30.2 Å². The lowest BCUT2D eigenvalue weighted by molar-refractivity contribution is 0.483. The van der Waals surface area contributed by atoms with Crippen LogP contribution in [0.1, 0.15) is 6.42 Å². The van der Waals surface area contributed by atoms with Crippen molar-refractivity contribution in [2.24, 2.45) is 11.0 Å². The van der Waals surface area contributed by atoms with Crippen molar-refractivity contribution in [1.29, 1.82) is 0 Å². The van der Waals surface area contributed by atoms with Gasteiger partial charge in [-0.05, 0) is 33.6 Å². The molecule has 15 heavy (non-hydrogen) atoms. The molecule has 10 heteroatoms. The normalized spacial score (nSPS) is 9.20. The van der Waals surface area contributed by atoms with E-state index in [0.717, 1.165) is 13.1 Å². The van der Waals surface area contributed by atoms with Gasteiger partial charge in [-0.25, -0.2) is 0 Å². The molecule has 0 unspecified atom stereocenters. The first-order valence-corrected chi connectivity index (χ1v) is 6.66. The molecule has 0 bridgehead atoms. The minimum atomic E-state index is -2.12. The van der Waals surface area contributed by atoms with Crippen molar-refractivity contribution in [3.05, 3.63) is 0 Å². The van der Waals surface area contributed by atoms with Crippen molar-refractivity contribution < 1.29 is 19.6 Å². The third kappa shape index (κ3) is 111. The first kappa shape index (κ1) is 20.9. The molecule has 8 nitrogen and oxygen atoms in total. The molecule has 0 atom stereocenters. The molecule has 0 amide bonds. The summed E-state index contributed by atoms with van der Waals surface area (Å²) in [6.45, 7) is 2.22. The number of nitrogens with two attached hydrogens (primary N) is 2. The molecule has 0 radical (unpaired) electrons. The highest BCUT2D eigenvalue weighted by molar-refractivity contribution is 7.42. The van der Waals surface area contributed by atoms with Gasteiger partial charge in [0.15, 0.2) is 0 Å². The van der Waals surface area contributed by atoms with Gasteiger partial charge in [-0.15, -0.1) is 0 Å². The van der Waals surface area contributed by atoms with Crippen molar-refractivity contribution >= 4 is 17.1 Å². The van der Waals surface area contributed by atoms with Crippen LogP contribution in [-0.4, -0.2) is 46.8 Å². The number of hydrogen-bond acceptors (Lipinski definition) is 8. The molecule has 0 heterocycles. The average Bonchev–Trinajstić information content (AvgIpc) is 2.03. The van der Waals surface area contributed by atoms with E-state index in [1.165, 1.54) is 6.42 Å². The molecule has 0 aromatic rings. The SMILES string of the molecule is CNCCCNC.NP(O)O.NP(O)O. The van der Waals surface area contributed by atoms with Crippen LogP contribution in [0.25, 0.3) is 0 Å². The molecule has 10 N–H and O–H groups in total. The maximum absolute atomic E-state index is 7.45. The molecule has 0 aliphatic carbocycles. The van der Waals surface area contributed by atoms with Gasteiger partial charge in [0.25, 0.3) is 0 Å². The second-order valence-corrected chi connectivity index (χ2v) is 3.48. The predicted molar refractivity (Wildman–Crippen MR) is 63.6 cm³/mol. The molecule has 0 aromatic carbocycles. The molecular formula is C5H22N4O4P2. The van der Waals surface area contributed by atoms with E-state index in [0.29, 0.717) is 0 Å². The predicted octanol–water partition coefficient (Wildman–Crippen LogP) is -1.87. The van der Waals surface area contributed by atoms with E-state index in [2.05, 4.69) is 21.6 Å². The van der Waals surface area contributed by atoms with Crippen LogP contribution in [0.3, 0.4) is 0 Å². The fourth-order valence-corrected chi connectivity index (χ4v) is 0.442. The average molecular weight is 264 g/mol. The van der Waals surface area contributed by atoms with Crippen LogP contribution in [0.2, 0.25) is 0 Å². The Hall–Kier alpha value is 0.540. The second kappa shape index (κ2) is 20.0. The van der Waals surface area contributed by atoms with Gasteiger partial charge in [0.05, 0.1) is 0 Å². The van der Waals surface area contributed by atoms with E-state index in [9.17, 15) is 0 Å². The highest BCUT2D eigenvalue weighted by Gasteiger charge is 1.77. The zero-order valence-corrected chi connectivity index (χ0v) is 10.7. The molecule has 0 spiro atoms. The van der Waals surface area contributed by atoms with Gasteiger partial charge in [-0.1, -0.05) is 0 Å². The molecule has 0 fully saturated rings. The number of nitrogens with one attached hydrogen (secondary N) is 2. The zero-order chi connectivity index (χ0) is 12.7. The van der Waals surface area contributed by atoms with E-state index in [4.69, 9.17) is 19.6 Å². The molecule has 96 valence electrons. The van der Waals surface area contributed by atoms with Crippen molar-refractivity contribution in [2.75, 3.05) is 27.2 Å². The third-order valence-corrected chi connectivity index (χ3v) is 0.854. The lowest BCUT2D eigenvalue weighted by atomic mass is 10.4. The third-order valence-electron chi connectivity index (χ3n) is 0.854. The fourth-order valence-electron chi connectivity index (χ4n) is 0.442. The molecular weight excluding hydrogens is 242 g/mol. The highest BCUT2D eigenvalue weighted by Crippen LogP contribution is 2.05. The quantitative estimate of drug-likeness (QED) is 0.217. The maximum atomic E-state index is 7.45. The van der Waals surface area contributed by atoms with E-state index in [1.807, 2.05) is 14.1 Å². The van der Waals surface area contributed by atoms with Crippen LogP contribution in [0.4, 0.5) is 0 Å². The Balaban J connectivity index is -0.000000155. The zero-order valence-electron chi connectivity index (χ0n) is 8.96. The summed E-state index contributed by atoms with van der Waals surface area (Å²) in [6.07, 6.45) is 1.22. The van der Waals surface area contributed by atoms with Crippen molar-refractivity contribution in [2.45, 2.75) is 6.42 Å². The Morgan fingerprint density at radius 2 is 1.07 bits per heavy atom. The lowest BCUT2D eigenvalue weighted by Crippen LogP contribution is -2.15. The number of rotatable bonds is 4. The standard InChI is InChI=1S/C5H14N2.2H4NO2P/c1-6-4-3-5-7-2;2*1-4(2)3/h6-7H,3-5H2,1-2H3;2*2-3H,1H2. The van der Waals surface area contributed by atoms with Gasteiger partial charge in [0.1, 0.15) is 0 Å². The maximum Gasteiger partial charge on any atom is 0.247 e. The van der Waals surface area contributed by atoms with Gasteiger partial charge in [0.2, 0.25) is 17.1 Å². The van der Waals surface area contributed by atoms with Gasteiger partial charge in [0, 0.05) is 0 Å². The molecule has 0 aromatic heterocycles. The van der Waals surface area contributed by atoms with Gasteiger partial charge >= 0.3 is 0 Å². The first-order valence-electron chi connectivity index (χ1n) is 4.02. The number of hydrogen-bond donors (Lipinski definition) is 8. The summed E-state index contributed by atoms with van der Waals surface area (Å²) >= 11 is 0. The molecule has 0 rings (SSSR count). The Labute approximate surface area is 92.6 Å². The van der Waals surface area contributed by atoms with Crippen molar-refractivity contribution in [3.63, 3.8) is 0 Å². The summed E-state index contributed by atoms with van der Waals surface area (Å²) in [5.74, 6) is 0. The molecule has 0 saturated carbocycles. The minimum absolute atomic E-state index is 1.11. The fraction of sp³-hybridized carbons (Fsp3) is 1.00. The summed E-state index contributed by atoms with van der Waals surface area (Å²) in [5.41, 5.74) is 8.57. The van der Waals surface area contributed by atoms with E-state index >= 15 is 0 Å². The van der Waals surface area contributed by atoms with E-state index in [-0.39, 0.29) is 0 Å². The Bertz CT molecular complexity index is 85.6. The van der Waals surface area contributed by atoms with Crippen LogP contribution in [0.15, 0.2) is 0 Å². The largest absolute Gasteiger partial charge is 0.338 e. The van der Waals surface area contributed by atoms with Crippen LogP contribution < -0.4 is 21.6 Å². The molecule has 0 aliphatic rings. The van der Waals surface area contributed by atoms with E-state index in [1.54, 1.807) is 0 Å². The Kier molecular flexibility index (Phi) is 27.9. The Morgan fingerprint density at radius 3 is 1.20 bits per heavy atom.